The molecular formula is C12H16BrNO2S. The average Bonchev–Trinajstić information content (AvgIpc) is 2.75. The predicted molar refractivity (Wildman–Crippen MR) is 72.4 cm³/mol. The lowest BCUT2D eigenvalue weighted by Gasteiger charge is -2.34. The summed E-state index contributed by atoms with van der Waals surface area (Å²) < 4.78 is 1.13. The minimum absolute atomic E-state index is 0.199. The Balaban J connectivity index is 2.04. The molecule has 0 amide bonds. The van der Waals surface area contributed by atoms with Crippen LogP contribution < -0.4 is 0 Å². The molecule has 3 nitrogen and oxygen atoms in total. The van der Waals surface area contributed by atoms with Gasteiger partial charge in [0.15, 0.2) is 0 Å². The van der Waals surface area contributed by atoms with E-state index in [2.05, 4.69) is 39.9 Å². The Bertz CT molecular complexity index is 407. The maximum absolute atomic E-state index is 11.0. The smallest absolute Gasteiger partial charge is 0.307 e. The van der Waals surface area contributed by atoms with Crippen LogP contribution in [0.25, 0.3) is 0 Å². The zero-order chi connectivity index (χ0) is 12.4. The van der Waals surface area contributed by atoms with E-state index in [1.165, 1.54) is 4.88 Å². The number of carbonyl (C=O) groups is 1. The van der Waals surface area contributed by atoms with Crippen LogP contribution in [0.1, 0.15) is 30.7 Å². The summed E-state index contributed by atoms with van der Waals surface area (Å²) in [4.78, 5) is 14.6. The number of halogens is 1. The Morgan fingerprint density at radius 2 is 2.41 bits per heavy atom. The monoisotopic (exact) mass is 317 g/mol. The molecule has 2 unspecified atom stereocenters. The number of rotatable bonds is 3. The minimum atomic E-state index is -0.658. The van der Waals surface area contributed by atoms with Gasteiger partial charge in [-0.3, -0.25) is 9.69 Å². The number of hydrogen-bond acceptors (Lipinski definition) is 3. The number of piperidine rings is 1. The van der Waals surface area contributed by atoms with E-state index in [-0.39, 0.29) is 5.92 Å². The summed E-state index contributed by atoms with van der Waals surface area (Å²) in [6.07, 6.45) is 1.79. The van der Waals surface area contributed by atoms with Gasteiger partial charge in [-0.05, 0) is 54.4 Å². The molecule has 1 aliphatic rings. The van der Waals surface area contributed by atoms with Crippen LogP contribution >= 0.6 is 27.3 Å². The molecule has 2 heterocycles. The van der Waals surface area contributed by atoms with E-state index in [4.69, 9.17) is 5.11 Å². The van der Waals surface area contributed by atoms with Crippen molar-refractivity contribution in [2.45, 2.75) is 25.8 Å². The number of aliphatic carboxylic acids is 1. The van der Waals surface area contributed by atoms with Crippen LogP contribution in [-0.4, -0.2) is 29.1 Å². The third-order valence-corrected chi connectivity index (χ3v) is 5.15. The molecule has 2 rings (SSSR count). The van der Waals surface area contributed by atoms with Gasteiger partial charge < -0.3 is 5.11 Å². The normalized spacial score (nSPS) is 23.5. The molecule has 0 spiro atoms. The first-order valence-electron chi connectivity index (χ1n) is 5.80. The van der Waals surface area contributed by atoms with E-state index in [1.807, 2.05) is 0 Å². The van der Waals surface area contributed by atoms with Crippen LogP contribution in [0.4, 0.5) is 0 Å². The second-order valence-electron chi connectivity index (χ2n) is 4.49. The van der Waals surface area contributed by atoms with Crippen molar-refractivity contribution in [1.82, 2.24) is 4.90 Å². The number of carboxylic acids is 1. The SMILES string of the molecule is CC(c1ccc(Br)s1)N1CCCC(C(=O)O)C1. The molecule has 1 aromatic heterocycles. The van der Waals surface area contributed by atoms with Gasteiger partial charge in [-0.25, -0.2) is 0 Å². The van der Waals surface area contributed by atoms with Crippen LogP contribution in [0.2, 0.25) is 0 Å². The Morgan fingerprint density at radius 1 is 1.65 bits per heavy atom. The van der Waals surface area contributed by atoms with Crippen LogP contribution in [-0.2, 0) is 4.79 Å². The van der Waals surface area contributed by atoms with Crippen molar-refractivity contribution in [2.75, 3.05) is 13.1 Å². The summed E-state index contributed by atoms with van der Waals surface area (Å²) in [5, 5.41) is 9.08. The van der Waals surface area contributed by atoms with Crippen molar-refractivity contribution in [1.29, 1.82) is 0 Å². The summed E-state index contributed by atoms with van der Waals surface area (Å²) in [6, 6.07) is 4.48. The van der Waals surface area contributed by atoms with E-state index in [9.17, 15) is 4.79 Å². The van der Waals surface area contributed by atoms with E-state index < -0.39 is 5.97 Å². The van der Waals surface area contributed by atoms with Crippen LogP contribution in [0.15, 0.2) is 15.9 Å². The van der Waals surface area contributed by atoms with Gasteiger partial charge in [-0.1, -0.05) is 0 Å². The summed E-state index contributed by atoms with van der Waals surface area (Å²) in [5.74, 6) is -0.858. The van der Waals surface area contributed by atoms with Crippen molar-refractivity contribution in [3.05, 3.63) is 20.8 Å². The van der Waals surface area contributed by atoms with Gasteiger partial charge in [-0.2, -0.15) is 0 Å². The molecule has 0 radical (unpaired) electrons. The fraction of sp³-hybridized carbons (Fsp3) is 0.583. The third kappa shape index (κ3) is 3.09. The highest BCUT2D eigenvalue weighted by Crippen LogP contribution is 2.32. The maximum Gasteiger partial charge on any atom is 0.307 e. The van der Waals surface area contributed by atoms with E-state index in [1.54, 1.807) is 11.3 Å². The molecule has 1 aliphatic heterocycles. The van der Waals surface area contributed by atoms with Crippen molar-refractivity contribution < 1.29 is 9.90 Å². The quantitative estimate of drug-likeness (QED) is 0.929. The maximum atomic E-state index is 11.0. The lowest BCUT2D eigenvalue weighted by Crippen LogP contribution is -2.39. The predicted octanol–water partition coefficient (Wildman–Crippen LogP) is 3.37. The highest BCUT2D eigenvalue weighted by atomic mass is 79.9. The van der Waals surface area contributed by atoms with Gasteiger partial charge >= 0.3 is 5.97 Å². The van der Waals surface area contributed by atoms with E-state index in [0.29, 0.717) is 12.6 Å². The van der Waals surface area contributed by atoms with Gasteiger partial charge in [0.1, 0.15) is 0 Å². The molecule has 5 heteroatoms. The fourth-order valence-corrected chi connectivity index (χ4v) is 3.80. The van der Waals surface area contributed by atoms with E-state index >= 15 is 0 Å². The van der Waals surface area contributed by atoms with Crippen LogP contribution in [0.5, 0.6) is 0 Å². The number of nitrogens with zero attached hydrogens (tertiary/aromatic N) is 1. The first-order valence-corrected chi connectivity index (χ1v) is 7.41. The number of thiophene rings is 1. The molecule has 1 saturated heterocycles. The molecule has 0 aliphatic carbocycles. The molecule has 1 aromatic rings. The van der Waals surface area contributed by atoms with Crippen molar-refractivity contribution in [2.24, 2.45) is 5.92 Å². The highest BCUT2D eigenvalue weighted by molar-refractivity contribution is 9.11. The van der Waals surface area contributed by atoms with Gasteiger partial charge in [0, 0.05) is 17.5 Å². The molecule has 0 bridgehead atoms. The number of hydrogen-bond donors (Lipinski definition) is 1. The fourth-order valence-electron chi connectivity index (χ4n) is 2.29. The first-order chi connectivity index (χ1) is 8.08. The minimum Gasteiger partial charge on any atom is -0.481 e. The molecule has 17 heavy (non-hydrogen) atoms. The standard InChI is InChI=1S/C12H16BrNO2S/c1-8(10-4-5-11(13)17-10)14-6-2-3-9(7-14)12(15)16/h4-5,8-9H,2-3,6-7H2,1H3,(H,15,16). The van der Waals surface area contributed by atoms with E-state index in [0.717, 1.165) is 23.2 Å². The molecule has 2 atom stereocenters. The van der Waals surface area contributed by atoms with Crippen LogP contribution in [0, 0.1) is 5.92 Å². The summed E-state index contributed by atoms with van der Waals surface area (Å²) in [7, 11) is 0. The molecule has 0 aromatic carbocycles. The summed E-state index contributed by atoms with van der Waals surface area (Å²) in [5.41, 5.74) is 0. The lowest BCUT2D eigenvalue weighted by molar-refractivity contribution is -0.143. The van der Waals surface area contributed by atoms with Crippen molar-refractivity contribution in [3.63, 3.8) is 0 Å². The first kappa shape index (κ1) is 13.1. The largest absolute Gasteiger partial charge is 0.481 e. The second-order valence-corrected chi connectivity index (χ2v) is 6.98. The van der Waals surface area contributed by atoms with Crippen molar-refractivity contribution in [3.8, 4) is 0 Å². The Hall–Kier alpha value is -0.390. The van der Waals surface area contributed by atoms with Gasteiger partial charge in [-0.15, -0.1) is 11.3 Å². The Morgan fingerprint density at radius 3 is 3.00 bits per heavy atom. The summed E-state index contributed by atoms with van der Waals surface area (Å²) >= 11 is 5.19. The molecule has 1 fully saturated rings. The van der Waals surface area contributed by atoms with Crippen LogP contribution in [0.3, 0.4) is 0 Å². The highest BCUT2D eigenvalue weighted by Gasteiger charge is 2.28. The van der Waals surface area contributed by atoms with Gasteiger partial charge in [0.2, 0.25) is 0 Å². The molecule has 94 valence electrons. The van der Waals surface area contributed by atoms with Crippen molar-refractivity contribution >= 4 is 33.2 Å². The second kappa shape index (κ2) is 5.50. The summed E-state index contributed by atoms with van der Waals surface area (Å²) in [6.45, 7) is 3.83. The topological polar surface area (TPSA) is 40.5 Å². The molecule has 1 N–H and O–H groups in total. The van der Waals surface area contributed by atoms with Gasteiger partial charge in [0.05, 0.1) is 9.70 Å². The zero-order valence-corrected chi connectivity index (χ0v) is 12.1. The lowest BCUT2D eigenvalue weighted by atomic mass is 9.97. The number of carboxylic acid groups (broad SMARTS) is 1. The molecule has 0 saturated carbocycles. The average molecular weight is 318 g/mol. The third-order valence-electron chi connectivity index (χ3n) is 3.36. The Labute approximate surface area is 114 Å². The zero-order valence-electron chi connectivity index (χ0n) is 9.73. The Kier molecular flexibility index (Phi) is 4.22. The molecular weight excluding hydrogens is 302 g/mol. The van der Waals surface area contributed by atoms with Gasteiger partial charge in [0.25, 0.3) is 0 Å². The number of likely N-dealkylation sites (tertiary alicyclic amines) is 1.